The predicted octanol–water partition coefficient (Wildman–Crippen LogP) is 5.77. The van der Waals surface area contributed by atoms with Crippen molar-refractivity contribution in [2.45, 2.75) is 4.83 Å². The van der Waals surface area contributed by atoms with Crippen LogP contribution in [0.4, 0.5) is 0 Å². The number of benzene rings is 1. The highest BCUT2D eigenvalue weighted by molar-refractivity contribution is 9.11. The molecule has 0 aliphatic heterocycles. The molecule has 1 atom stereocenters. The van der Waals surface area contributed by atoms with Crippen molar-refractivity contribution < 1.29 is 4.74 Å². The van der Waals surface area contributed by atoms with Crippen LogP contribution in [0.15, 0.2) is 38.6 Å². The highest BCUT2D eigenvalue weighted by Crippen LogP contribution is 2.43. The first-order chi connectivity index (χ1) is 8.13. The number of thiophene rings is 1. The Morgan fingerprint density at radius 3 is 2.59 bits per heavy atom. The van der Waals surface area contributed by atoms with Crippen LogP contribution in [-0.2, 0) is 0 Å². The normalized spacial score (nSPS) is 12.5. The minimum absolute atomic E-state index is 0.129. The smallest absolute Gasteiger partial charge is 0.123 e. The van der Waals surface area contributed by atoms with Gasteiger partial charge in [-0.3, -0.25) is 0 Å². The summed E-state index contributed by atoms with van der Waals surface area (Å²) in [6, 6.07) is 8.07. The van der Waals surface area contributed by atoms with Crippen molar-refractivity contribution in [2.24, 2.45) is 0 Å². The van der Waals surface area contributed by atoms with Gasteiger partial charge in [0.15, 0.2) is 0 Å². The van der Waals surface area contributed by atoms with E-state index in [4.69, 9.17) is 4.74 Å². The maximum atomic E-state index is 5.40. The van der Waals surface area contributed by atoms with Gasteiger partial charge >= 0.3 is 0 Å². The lowest BCUT2D eigenvalue weighted by Gasteiger charge is -2.14. The van der Waals surface area contributed by atoms with Crippen molar-refractivity contribution in [1.82, 2.24) is 0 Å². The standard InChI is InChI=1S/C12H9Br3OS/c1-16-10-3-2-7(13)6-8(10)11(15)12-9(14)4-5-17-12/h2-6,11H,1H3. The third kappa shape index (κ3) is 2.95. The number of rotatable bonds is 3. The molecule has 0 spiro atoms. The van der Waals surface area contributed by atoms with Crippen molar-refractivity contribution in [3.63, 3.8) is 0 Å². The molecule has 0 saturated heterocycles. The molecule has 0 bridgehead atoms. The molecule has 5 heteroatoms. The largest absolute Gasteiger partial charge is 0.496 e. The van der Waals surface area contributed by atoms with Gasteiger partial charge in [0, 0.05) is 19.4 Å². The molecule has 2 rings (SSSR count). The average molecular weight is 441 g/mol. The second-order valence-electron chi connectivity index (χ2n) is 3.38. The lowest BCUT2D eigenvalue weighted by molar-refractivity contribution is 0.410. The van der Waals surface area contributed by atoms with Crippen molar-refractivity contribution >= 4 is 59.1 Å². The topological polar surface area (TPSA) is 9.23 Å². The molecule has 0 aliphatic carbocycles. The molecule has 2 aromatic rings. The van der Waals surface area contributed by atoms with E-state index in [1.807, 2.05) is 12.1 Å². The summed E-state index contributed by atoms with van der Waals surface area (Å²) >= 11 is 12.5. The molecule has 0 amide bonds. The van der Waals surface area contributed by atoms with E-state index in [1.165, 1.54) is 4.88 Å². The van der Waals surface area contributed by atoms with Gasteiger partial charge in [0.2, 0.25) is 0 Å². The van der Waals surface area contributed by atoms with Crippen LogP contribution in [0, 0.1) is 0 Å². The van der Waals surface area contributed by atoms with E-state index in [-0.39, 0.29) is 4.83 Å². The van der Waals surface area contributed by atoms with Crippen LogP contribution in [0.2, 0.25) is 0 Å². The minimum Gasteiger partial charge on any atom is -0.496 e. The van der Waals surface area contributed by atoms with Crippen molar-refractivity contribution in [2.75, 3.05) is 7.11 Å². The Kier molecular flexibility index (Phi) is 4.69. The van der Waals surface area contributed by atoms with E-state index in [0.717, 1.165) is 20.3 Å². The van der Waals surface area contributed by atoms with Gasteiger partial charge in [-0.1, -0.05) is 31.9 Å². The zero-order chi connectivity index (χ0) is 12.4. The van der Waals surface area contributed by atoms with E-state index in [9.17, 15) is 0 Å². The van der Waals surface area contributed by atoms with Gasteiger partial charge < -0.3 is 4.74 Å². The monoisotopic (exact) mass is 438 g/mol. The van der Waals surface area contributed by atoms with Gasteiger partial charge in [-0.05, 0) is 45.6 Å². The van der Waals surface area contributed by atoms with Crippen LogP contribution in [0.1, 0.15) is 15.3 Å². The van der Waals surface area contributed by atoms with Crippen LogP contribution in [-0.4, -0.2) is 7.11 Å². The molecule has 17 heavy (non-hydrogen) atoms. The zero-order valence-corrected chi connectivity index (χ0v) is 14.5. The third-order valence-corrected chi connectivity index (χ3v) is 6.02. The summed E-state index contributed by atoms with van der Waals surface area (Å²) in [5.74, 6) is 0.885. The molecule has 1 nitrogen and oxygen atoms in total. The van der Waals surface area contributed by atoms with Crippen LogP contribution >= 0.6 is 59.1 Å². The van der Waals surface area contributed by atoms with Gasteiger partial charge in [-0.2, -0.15) is 0 Å². The second-order valence-corrected chi connectivity index (χ2v) is 7.01. The summed E-state index contributed by atoms with van der Waals surface area (Å²) in [7, 11) is 1.69. The van der Waals surface area contributed by atoms with E-state index in [0.29, 0.717) is 0 Å². The fourth-order valence-electron chi connectivity index (χ4n) is 1.53. The fraction of sp³-hybridized carbons (Fsp3) is 0.167. The zero-order valence-electron chi connectivity index (χ0n) is 8.91. The number of ether oxygens (including phenoxy) is 1. The Bertz CT molecular complexity index is 524. The van der Waals surface area contributed by atoms with E-state index in [1.54, 1.807) is 18.4 Å². The average Bonchev–Trinajstić information content (AvgIpc) is 2.74. The van der Waals surface area contributed by atoms with Gasteiger partial charge in [0.1, 0.15) is 5.75 Å². The molecule has 1 heterocycles. The Hall–Kier alpha value is 0.160. The Labute approximate surface area is 130 Å². The number of alkyl halides is 1. The summed E-state index contributed by atoms with van der Waals surface area (Å²) < 4.78 is 7.56. The van der Waals surface area contributed by atoms with Gasteiger partial charge in [-0.15, -0.1) is 11.3 Å². The first kappa shape index (κ1) is 13.6. The lowest BCUT2D eigenvalue weighted by atomic mass is 10.1. The Balaban J connectivity index is 2.46. The van der Waals surface area contributed by atoms with Crippen molar-refractivity contribution in [1.29, 1.82) is 0 Å². The third-order valence-electron chi connectivity index (χ3n) is 2.34. The highest BCUT2D eigenvalue weighted by atomic mass is 79.9. The molecule has 0 radical (unpaired) electrons. The molecule has 0 N–H and O–H groups in total. The van der Waals surface area contributed by atoms with E-state index in [2.05, 4.69) is 65.3 Å². The SMILES string of the molecule is COc1ccc(Br)cc1C(Br)c1sccc1Br. The lowest BCUT2D eigenvalue weighted by Crippen LogP contribution is -1.96. The van der Waals surface area contributed by atoms with Crippen LogP contribution in [0.5, 0.6) is 5.75 Å². The minimum atomic E-state index is 0.129. The number of methoxy groups -OCH3 is 1. The van der Waals surface area contributed by atoms with Crippen molar-refractivity contribution in [3.8, 4) is 5.75 Å². The summed E-state index contributed by atoms with van der Waals surface area (Å²) in [4.78, 5) is 1.37. The Morgan fingerprint density at radius 2 is 2.00 bits per heavy atom. The summed E-state index contributed by atoms with van der Waals surface area (Å²) in [6.45, 7) is 0. The maximum absolute atomic E-state index is 5.40. The quantitative estimate of drug-likeness (QED) is 0.551. The first-order valence-electron chi connectivity index (χ1n) is 4.84. The summed E-state index contributed by atoms with van der Waals surface area (Å²) in [5, 5.41) is 2.07. The van der Waals surface area contributed by atoms with Gasteiger partial charge in [0.25, 0.3) is 0 Å². The fourth-order valence-corrected chi connectivity index (χ4v) is 4.74. The molecule has 1 aromatic carbocycles. The molecule has 90 valence electrons. The highest BCUT2D eigenvalue weighted by Gasteiger charge is 2.19. The maximum Gasteiger partial charge on any atom is 0.123 e. The van der Waals surface area contributed by atoms with Crippen molar-refractivity contribution in [3.05, 3.63) is 49.0 Å². The summed E-state index contributed by atoms with van der Waals surface area (Å²) in [5.41, 5.74) is 1.12. The number of hydrogen-bond donors (Lipinski definition) is 0. The molecule has 1 aromatic heterocycles. The number of hydrogen-bond acceptors (Lipinski definition) is 2. The van der Waals surface area contributed by atoms with Gasteiger partial charge in [-0.25, -0.2) is 0 Å². The van der Waals surface area contributed by atoms with Crippen LogP contribution < -0.4 is 4.74 Å². The van der Waals surface area contributed by atoms with Crippen LogP contribution in [0.3, 0.4) is 0 Å². The van der Waals surface area contributed by atoms with E-state index >= 15 is 0 Å². The molecular formula is C12H9Br3OS. The van der Waals surface area contributed by atoms with Gasteiger partial charge in [0.05, 0.1) is 11.9 Å². The molecule has 1 unspecified atom stereocenters. The van der Waals surface area contributed by atoms with E-state index < -0.39 is 0 Å². The Morgan fingerprint density at radius 1 is 1.24 bits per heavy atom. The van der Waals surface area contributed by atoms with Crippen LogP contribution in [0.25, 0.3) is 0 Å². The number of halogens is 3. The second kappa shape index (κ2) is 5.87. The summed E-state index contributed by atoms with van der Waals surface area (Å²) in [6.07, 6.45) is 0. The molecule has 0 fully saturated rings. The molecule has 0 aliphatic rings. The predicted molar refractivity (Wildman–Crippen MR) is 83.5 cm³/mol. The molecule has 0 saturated carbocycles. The first-order valence-corrected chi connectivity index (χ1v) is 8.22. The molecular weight excluding hydrogens is 432 g/mol.